The summed E-state index contributed by atoms with van der Waals surface area (Å²) in [4.78, 5) is 2.50. The molecule has 1 saturated heterocycles. The maximum Gasteiger partial charge on any atom is 0.296 e. The van der Waals surface area contributed by atoms with Crippen molar-refractivity contribution in [1.82, 2.24) is 4.90 Å². The summed E-state index contributed by atoms with van der Waals surface area (Å²) in [6.45, 7) is 4.32. The second kappa shape index (κ2) is 9.94. The average Bonchev–Trinajstić information content (AvgIpc) is 3.18. The van der Waals surface area contributed by atoms with Gasteiger partial charge in [-0.1, -0.05) is 77.3 Å². The van der Waals surface area contributed by atoms with Crippen molar-refractivity contribution in [2.45, 2.75) is 24.3 Å². The van der Waals surface area contributed by atoms with Crippen LogP contribution in [0.2, 0.25) is 10.0 Å². The molecule has 0 amide bonds. The molecule has 168 valence electrons. The first kappa shape index (κ1) is 23.3. The molecule has 1 aliphatic rings. The molecule has 0 spiro atoms. The van der Waals surface area contributed by atoms with Crippen molar-refractivity contribution in [3.63, 3.8) is 0 Å². The highest BCUT2D eigenvalue weighted by molar-refractivity contribution is 7.86. The number of nitrogens with zero attached hydrogens (tertiary/aromatic N) is 1. The molecule has 4 rings (SSSR count). The van der Waals surface area contributed by atoms with Gasteiger partial charge in [-0.05, 0) is 42.3 Å². The molecular weight excluding hydrogens is 465 g/mol. The van der Waals surface area contributed by atoms with Gasteiger partial charge in [0.2, 0.25) is 0 Å². The van der Waals surface area contributed by atoms with E-state index in [1.807, 2.05) is 37.3 Å². The third kappa shape index (κ3) is 5.53. The summed E-state index contributed by atoms with van der Waals surface area (Å²) in [6.07, 6.45) is 0. The topological polar surface area (TPSA) is 46.6 Å². The van der Waals surface area contributed by atoms with Crippen molar-refractivity contribution in [3.05, 3.63) is 99.5 Å². The van der Waals surface area contributed by atoms with Crippen molar-refractivity contribution in [3.8, 4) is 0 Å². The normalized spacial score (nSPS) is 19.3. The van der Waals surface area contributed by atoms with E-state index in [2.05, 4.69) is 17.0 Å². The van der Waals surface area contributed by atoms with E-state index in [-0.39, 0.29) is 23.3 Å². The summed E-state index contributed by atoms with van der Waals surface area (Å²) >= 11 is 12.4. The van der Waals surface area contributed by atoms with Gasteiger partial charge in [-0.3, -0.25) is 9.08 Å². The van der Waals surface area contributed by atoms with Crippen LogP contribution in [-0.4, -0.2) is 33.0 Å². The van der Waals surface area contributed by atoms with Crippen LogP contribution in [0.4, 0.5) is 0 Å². The van der Waals surface area contributed by atoms with Gasteiger partial charge in [0.1, 0.15) is 0 Å². The molecule has 0 N–H and O–H groups in total. The Morgan fingerprint density at radius 1 is 0.938 bits per heavy atom. The molecule has 0 bridgehead atoms. The van der Waals surface area contributed by atoms with Gasteiger partial charge in [-0.2, -0.15) is 8.42 Å². The lowest BCUT2D eigenvalue weighted by atomic mass is 9.89. The SMILES string of the molecule is Cc1ccc(S(=O)(=O)OC[C@@H]2CN(Cc3ccccc3)C[C@H]2c2ccc(Cl)c(Cl)c2)cc1. The third-order valence-electron chi connectivity index (χ3n) is 5.88. The first-order chi connectivity index (χ1) is 15.3. The molecular formula is C25H25Cl2NO3S. The first-order valence-corrected chi connectivity index (χ1v) is 12.7. The van der Waals surface area contributed by atoms with Gasteiger partial charge in [0.05, 0.1) is 21.5 Å². The fraction of sp³-hybridized carbons (Fsp3) is 0.280. The largest absolute Gasteiger partial charge is 0.298 e. The van der Waals surface area contributed by atoms with E-state index >= 15 is 0 Å². The minimum absolute atomic E-state index is 0.00354. The summed E-state index contributed by atoms with van der Waals surface area (Å²) in [5.74, 6) is 0.0814. The van der Waals surface area contributed by atoms with Crippen LogP contribution >= 0.6 is 23.2 Å². The zero-order valence-electron chi connectivity index (χ0n) is 17.7. The molecule has 32 heavy (non-hydrogen) atoms. The summed E-state index contributed by atoms with van der Waals surface area (Å²) in [5.41, 5.74) is 3.25. The van der Waals surface area contributed by atoms with Crippen molar-refractivity contribution in [1.29, 1.82) is 0 Å². The second-order valence-electron chi connectivity index (χ2n) is 8.27. The maximum atomic E-state index is 12.7. The lowest BCUT2D eigenvalue weighted by molar-refractivity contribution is 0.237. The van der Waals surface area contributed by atoms with E-state index in [1.165, 1.54) is 5.56 Å². The molecule has 2 atom stereocenters. The Morgan fingerprint density at radius 3 is 2.34 bits per heavy atom. The summed E-state index contributed by atoms with van der Waals surface area (Å²) in [5, 5.41) is 1.00. The Morgan fingerprint density at radius 2 is 1.66 bits per heavy atom. The molecule has 3 aromatic carbocycles. The summed E-state index contributed by atoms with van der Waals surface area (Å²) in [6, 6.07) is 22.6. The predicted octanol–water partition coefficient (Wildman–Crippen LogP) is 5.92. The summed E-state index contributed by atoms with van der Waals surface area (Å²) < 4.78 is 31.0. The van der Waals surface area contributed by atoms with Crippen molar-refractivity contribution in [2.75, 3.05) is 19.7 Å². The Labute approximate surface area is 199 Å². The van der Waals surface area contributed by atoms with E-state index in [0.29, 0.717) is 10.0 Å². The quantitative estimate of drug-likeness (QED) is 0.386. The monoisotopic (exact) mass is 489 g/mol. The van der Waals surface area contributed by atoms with Crippen LogP contribution in [0.15, 0.2) is 77.7 Å². The molecule has 0 saturated carbocycles. The van der Waals surface area contributed by atoms with Crippen LogP contribution in [-0.2, 0) is 20.8 Å². The highest BCUT2D eigenvalue weighted by Crippen LogP contribution is 2.36. The Balaban J connectivity index is 1.53. The van der Waals surface area contributed by atoms with Crippen LogP contribution in [0.5, 0.6) is 0 Å². The van der Waals surface area contributed by atoms with Crippen molar-refractivity contribution in [2.24, 2.45) is 5.92 Å². The highest BCUT2D eigenvalue weighted by atomic mass is 35.5. The van der Waals surface area contributed by atoms with Gasteiger partial charge in [0, 0.05) is 31.5 Å². The van der Waals surface area contributed by atoms with Crippen LogP contribution in [0.1, 0.15) is 22.6 Å². The van der Waals surface area contributed by atoms with Gasteiger partial charge in [0.25, 0.3) is 10.1 Å². The van der Waals surface area contributed by atoms with Crippen LogP contribution < -0.4 is 0 Å². The standard InChI is InChI=1S/C25H25Cl2NO3S/c1-18-7-10-22(11-8-18)32(29,30)31-17-21-15-28(14-19-5-3-2-4-6-19)16-23(21)20-9-12-24(26)25(27)13-20/h2-13,21,23H,14-17H2,1H3/t21-,23-/m0/s1. The van der Waals surface area contributed by atoms with E-state index < -0.39 is 10.1 Å². The molecule has 1 fully saturated rings. The smallest absolute Gasteiger partial charge is 0.296 e. The van der Waals surface area contributed by atoms with Crippen LogP contribution in [0.25, 0.3) is 0 Å². The van der Waals surface area contributed by atoms with Crippen molar-refractivity contribution < 1.29 is 12.6 Å². The van der Waals surface area contributed by atoms with E-state index in [1.54, 1.807) is 30.3 Å². The number of halogens is 2. The molecule has 1 aliphatic heterocycles. The van der Waals surface area contributed by atoms with Gasteiger partial charge < -0.3 is 0 Å². The lowest BCUT2D eigenvalue weighted by Gasteiger charge is -2.19. The molecule has 7 heteroatoms. The molecule has 1 heterocycles. The summed E-state index contributed by atoms with van der Waals surface area (Å²) in [7, 11) is -3.83. The van der Waals surface area contributed by atoms with E-state index in [0.717, 1.165) is 30.8 Å². The number of benzene rings is 3. The molecule has 0 aromatic heterocycles. The number of rotatable bonds is 7. The Bertz CT molecular complexity index is 1170. The zero-order valence-corrected chi connectivity index (χ0v) is 20.1. The number of hydrogen-bond donors (Lipinski definition) is 0. The average molecular weight is 490 g/mol. The molecule has 0 unspecified atom stereocenters. The van der Waals surface area contributed by atoms with E-state index in [4.69, 9.17) is 27.4 Å². The third-order valence-corrected chi connectivity index (χ3v) is 7.92. The minimum Gasteiger partial charge on any atom is -0.298 e. The Hall–Kier alpha value is -1.89. The first-order valence-electron chi connectivity index (χ1n) is 10.5. The molecule has 0 aliphatic carbocycles. The van der Waals surface area contributed by atoms with Gasteiger partial charge in [0.15, 0.2) is 0 Å². The fourth-order valence-corrected chi connectivity index (χ4v) is 5.44. The molecule has 3 aromatic rings. The maximum absolute atomic E-state index is 12.7. The lowest BCUT2D eigenvalue weighted by Crippen LogP contribution is -2.22. The van der Waals surface area contributed by atoms with Crippen LogP contribution in [0, 0.1) is 12.8 Å². The number of likely N-dealkylation sites (tertiary alicyclic amines) is 1. The van der Waals surface area contributed by atoms with Gasteiger partial charge in [-0.15, -0.1) is 0 Å². The molecule has 0 radical (unpaired) electrons. The van der Waals surface area contributed by atoms with Gasteiger partial charge in [-0.25, -0.2) is 0 Å². The number of aryl methyl sites for hydroxylation is 1. The highest BCUT2D eigenvalue weighted by Gasteiger charge is 2.35. The minimum atomic E-state index is -3.83. The number of hydrogen-bond acceptors (Lipinski definition) is 4. The molecule has 4 nitrogen and oxygen atoms in total. The fourth-order valence-electron chi connectivity index (χ4n) is 4.17. The van der Waals surface area contributed by atoms with Gasteiger partial charge >= 0.3 is 0 Å². The van der Waals surface area contributed by atoms with E-state index in [9.17, 15) is 8.42 Å². The van der Waals surface area contributed by atoms with Crippen molar-refractivity contribution >= 4 is 33.3 Å². The van der Waals surface area contributed by atoms with Crippen LogP contribution in [0.3, 0.4) is 0 Å². The Kier molecular flexibility index (Phi) is 7.23. The predicted molar refractivity (Wildman–Crippen MR) is 129 cm³/mol. The zero-order chi connectivity index (χ0) is 22.7. The second-order valence-corrected chi connectivity index (χ2v) is 10.7.